The Balaban J connectivity index is 2.20. The molecular formula is C19H20F3NO2. The molecule has 1 heterocycles. The highest BCUT2D eigenvalue weighted by Gasteiger charge is 2.38. The smallest absolute Gasteiger partial charge is 0.416 e. The van der Waals surface area contributed by atoms with Crippen LogP contribution in [0.3, 0.4) is 0 Å². The molecule has 0 fully saturated rings. The second kappa shape index (κ2) is 6.59. The fraction of sp³-hybridized carbons (Fsp3) is 0.368. The fourth-order valence-corrected chi connectivity index (χ4v) is 3.47. The van der Waals surface area contributed by atoms with E-state index < -0.39 is 17.8 Å². The zero-order valence-corrected chi connectivity index (χ0v) is 14.4. The SMILES string of the molecule is COc1cc2c(cc1OC)[C@@H](c1ccccc1C(F)(F)F)N(C)CC2. The Labute approximate surface area is 145 Å². The Kier molecular flexibility index (Phi) is 4.64. The first-order valence-corrected chi connectivity index (χ1v) is 7.98. The molecule has 0 unspecified atom stereocenters. The van der Waals surface area contributed by atoms with Crippen molar-refractivity contribution in [3.05, 3.63) is 58.7 Å². The maximum absolute atomic E-state index is 13.5. The van der Waals surface area contributed by atoms with E-state index in [1.54, 1.807) is 25.3 Å². The maximum atomic E-state index is 13.5. The largest absolute Gasteiger partial charge is 0.493 e. The average Bonchev–Trinajstić information content (AvgIpc) is 2.59. The molecule has 6 heteroatoms. The van der Waals surface area contributed by atoms with Gasteiger partial charge >= 0.3 is 6.18 Å². The first-order valence-electron chi connectivity index (χ1n) is 7.98. The van der Waals surface area contributed by atoms with Crippen LogP contribution in [0, 0.1) is 0 Å². The van der Waals surface area contributed by atoms with Crippen molar-refractivity contribution in [1.82, 2.24) is 4.90 Å². The molecule has 0 aromatic heterocycles. The number of likely N-dealkylation sites (N-methyl/N-ethyl adjacent to an activating group) is 1. The molecule has 0 saturated carbocycles. The van der Waals surface area contributed by atoms with Gasteiger partial charge in [0.1, 0.15) is 0 Å². The monoisotopic (exact) mass is 351 g/mol. The van der Waals surface area contributed by atoms with E-state index in [1.807, 2.05) is 18.0 Å². The van der Waals surface area contributed by atoms with Gasteiger partial charge in [-0.05, 0) is 48.4 Å². The van der Waals surface area contributed by atoms with Gasteiger partial charge in [0.15, 0.2) is 11.5 Å². The highest BCUT2D eigenvalue weighted by molar-refractivity contribution is 5.52. The van der Waals surface area contributed by atoms with Crippen molar-refractivity contribution in [1.29, 1.82) is 0 Å². The van der Waals surface area contributed by atoms with Gasteiger partial charge in [0, 0.05) is 6.54 Å². The molecule has 3 nitrogen and oxygen atoms in total. The zero-order chi connectivity index (χ0) is 18.2. The Morgan fingerprint density at radius 3 is 2.28 bits per heavy atom. The molecule has 0 amide bonds. The van der Waals surface area contributed by atoms with Crippen LogP contribution in [0.2, 0.25) is 0 Å². The summed E-state index contributed by atoms with van der Waals surface area (Å²) >= 11 is 0. The summed E-state index contributed by atoms with van der Waals surface area (Å²) in [4.78, 5) is 1.94. The zero-order valence-electron chi connectivity index (χ0n) is 14.4. The Hall–Kier alpha value is -2.21. The van der Waals surface area contributed by atoms with Gasteiger partial charge in [-0.25, -0.2) is 0 Å². The molecule has 0 N–H and O–H groups in total. The summed E-state index contributed by atoms with van der Waals surface area (Å²) in [6.45, 7) is 0.666. The number of benzene rings is 2. The van der Waals surface area contributed by atoms with Crippen molar-refractivity contribution in [2.75, 3.05) is 27.8 Å². The second-order valence-electron chi connectivity index (χ2n) is 6.12. The van der Waals surface area contributed by atoms with Crippen LogP contribution in [0.1, 0.15) is 28.3 Å². The van der Waals surface area contributed by atoms with Crippen LogP contribution in [-0.2, 0) is 12.6 Å². The van der Waals surface area contributed by atoms with Gasteiger partial charge in [-0.2, -0.15) is 13.2 Å². The minimum Gasteiger partial charge on any atom is -0.493 e. The first kappa shape index (κ1) is 17.6. The van der Waals surface area contributed by atoms with Crippen molar-refractivity contribution in [2.24, 2.45) is 0 Å². The minimum atomic E-state index is -4.40. The van der Waals surface area contributed by atoms with Crippen LogP contribution >= 0.6 is 0 Å². The molecule has 134 valence electrons. The van der Waals surface area contributed by atoms with Crippen LogP contribution in [0.15, 0.2) is 36.4 Å². The van der Waals surface area contributed by atoms with E-state index >= 15 is 0 Å². The predicted octanol–water partition coefficient (Wildman–Crippen LogP) is 4.30. The lowest BCUT2D eigenvalue weighted by Gasteiger charge is -2.36. The second-order valence-corrected chi connectivity index (χ2v) is 6.12. The quantitative estimate of drug-likeness (QED) is 0.823. The summed E-state index contributed by atoms with van der Waals surface area (Å²) in [5.74, 6) is 1.11. The molecule has 0 bridgehead atoms. The summed E-state index contributed by atoms with van der Waals surface area (Å²) in [6.07, 6.45) is -3.65. The molecule has 0 saturated heterocycles. The lowest BCUT2D eigenvalue weighted by atomic mass is 9.86. The molecule has 0 radical (unpaired) electrons. The molecule has 2 aromatic carbocycles. The molecule has 2 aromatic rings. The van der Waals surface area contributed by atoms with Crippen LogP contribution < -0.4 is 9.47 Å². The highest BCUT2D eigenvalue weighted by Crippen LogP contribution is 2.44. The number of ether oxygens (including phenoxy) is 2. The van der Waals surface area contributed by atoms with Gasteiger partial charge < -0.3 is 9.47 Å². The highest BCUT2D eigenvalue weighted by atomic mass is 19.4. The van der Waals surface area contributed by atoms with Crippen molar-refractivity contribution in [2.45, 2.75) is 18.6 Å². The third-order valence-electron chi connectivity index (χ3n) is 4.68. The normalized spacial score (nSPS) is 17.9. The van der Waals surface area contributed by atoms with E-state index in [0.717, 1.165) is 23.6 Å². The number of nitrogens with zero attached hydrogens (tertiary/aromatic N) is 1. The van der Waals surface area contributed by atoms with Crippen LogP contribution in [0.25, 0.3) is 0 Å². The summed E-state index contributed by atoms with van der Waals surface area (Å²) < 4.78 is 51.2. The Morgan fingerprint density at radius 2 is 1.64 bits per heavy atom. The van der Waals surface area contributed by atoms with Gasteiger partial charge in [0.25, 0.3) is 0 Å². The van der Waals surface area contributed by atoms with Gasteiger partial charge in [-0.3, -0.25) is 4.90 Å². The standard InChI is InChI=1S/C19H20F3NO2/c1-23-9-8-12-10-16(24-2)17(25-3)11-14(12)18(23)13-6-4-5-7-15(13)19(20,21)22/h4-7,10-11,18H,8-9H2,1-3H3/t18-/m1/s1. The lowest BCUT2D eigenvalue weighted by molar-refractivity contribution is -0.138. The summed E-state index contributed by atoms with van der Waals surface area (Å²) in [6, 6.07) is 8.93. The number of methoxy groups -OCH3 is 2. The van der Waals surface area contributed by atoms with Gasteiger partial charge in [0.2, 0.25) is 0 Å². The third-order valence-corrected chi connectivity index (χ3v) is 4.68. The molecule has 0 aliphatic carbocycles. The van der Waals surface area contributed by atoms with E-state index in [4.69, 9.17) is 9.47 Å². The van der Waals surface area contributed by atoms with Gasteiger partial charge in [-0.1, -0.05) is 18.2 Å². The molecule has 25 heavy (non-hydrogen) atoms. The van der Waals surface area contributed by atoms with Gasteiger partial charge in [0.05, 0.1) is 25.8 Å². The Morgan fingerprint density at radius 1 is 1.00 bits per heavy atom. The molecule has 1 aliphatic rings. The van der Waals surface area contributed by atoms with Crippen molar-refractivity contribution in [3.63, 3.8) is 0 Å². The summed E-state index contributed by atoms with van der Waals surface area (Å²) in [5.41, 5.74) is 1.46. The molecule has 1 aliphatic heterocycles. The maximum Gasteiger partial charge on any atom is 0.416 e. The molecule has 0 spiro atoms. The third kappa shape index (κ3) is 3.18. The number of halogens is 3. The van der Waals surface area contributed by atoms with E-state index in [2.05, 4.69) is 0 Å². The number of hydrogen-bond acceptors (Lipinski definition) is 3. The molecule has 3 rings (SSSR count). The number of hydrogen-bond donors (Lipinski definition) is 0. The summed E-state index contributed by atoms with van der Waals surface area (Å²) in [7, 11) is 4.92. The van der Waals surface area contributed by atoms with Crippen molar-refractivity contribution < 1.29 is 22.6 Å². The first-order chi connectivity index (χ1) is 11.9. The van der Waals surface area contributed by atoms with Crippen molar-refractivity contribution in [3.8, 4) is 11.5 Å². The summed E-state index contributed by atoms with van der Waals surface area (Å²) in [5, 5.41) is 0. The van der Waals surface area contributed by atoms with E-state index in [1.165, 1.54) is 13.2 Å². The van der Waals surface area contributed by atoms with Crippen LogP contribution in [-0.4, -0.2) is 32.7 Å². The predicted molar refractivity (Wildman–Crippen MR) is 89.2 cm³/mol. The topological polar surface area (TPSA) is 21.7 Å². The van der Waals surface area contributed by atoms with Crippen molar-refractivity contribution >= 4 is 0 Å². The van der Waals surface area contributed by atoms with Gasteiger partial charge in [-0.15, -0.1) is 0 Å². The van der Waals surface area contributed by atoms with Crippen LogP contribution in [0.4, 0.5) is 13.2 Å². The van der Waals surface area contributed by atoms with E-state index in [9.17, 15) is 13.2 Å². The number of fused-ring (bicyclic) bond motifs is 1. The number of alkyl halides is 3. The minimum absolute atomic E-state index is 0.255. The van der Waals surface area contributed by atoms with E-state index in [-0.39, 0.29) is 5.56 Å². The molecular weight excluding hydrogens is 331 g/mol. The molecule has 1 atom stereocenters. The van der Waals surface area contributed by atoms with E-state index in [0.29, 0.717) is 18.0 Å². The Bertz CT molecular complexity index is 774. The van der Waals surface area contributed by atoms with Crippen LogP contribution in [0.5, 0.6) is 11.5 Å². The fourth-order valence-electron chi connectivity index (χ4n) is 3.47. The lowest BCUT2D eigenvalue weighted by Crippen LogP contribution is -2.34. The average molecular weight is 351 g/mol. The number of rotatable bonds is 3.